The Morgan fingerprint density at radius 2 is 1.80 bits per heavy atom. The highest BCUT2D eigenvalue weighted by molar-refractivity contribution is 7.84. The zero-order valence-corrected chi connectivity index (χ0v) is 14.6. The van der Waals surface area contributed by atoms with E-state index in [0.29, 0.717) is 11.4 Å². The van der Waals surface area contributed by atoms with E-state index in [2.05, 4.69) is 14.3 Å². The van der Waals surface area contributed by atoms with Gasteiger partial charge in [0, 0.05) is 5.02 Å². The molecule has 130 valence electrons. The summed E-state index contributed by atoms with van der Waals surface area (Å²) >= 11 is 5.96. The van der Waals surface area contributed by atoms with Crippen molar-refractivity contribution < 1.29 is 12.6 Å². The Bertz CT molecular complexity index is 927. The lowest BCUT2D eigenvalue weighted by Crippen LogP contribution is -2.19. The van der Waals surface area contributed by atoms with Gasteiger partial charge in [-0.1, -0.05) is 35.9 Å². The maximum absolute atomic E-state index is 11.0. The van der Waals surface area contributed by atoms with Gasteiger partial charge in [-0.25, -0.2) is 9.67 Å². The summed E-state index contributed by atoms with van der Waals surface area (Å²) in [5, 5.41) is 9.75. The molecule has 2 aromatic carbocycles. The van der Waals surface area contributed by atoms with Crippen molar-refractivity contribution in [2.45, 2.75) is 12.5 Å². The molecule has 2 N–H and O–H groups in total. The van der Waals surface area contributed by atoms with Crippen molar-refractivity contribution in [1.29, 1.82) is 0 Å². The summed E-state index contributed by atoms with van der Waals surface area (Å²) in [4.78, 5) is 4.01. The quantitative estimate of drug-likeness (QED) is 0.709. The number of nitrogens with two attached hydrogens (primary N) is 1. The van der Waals surface area contributed by atoms with E-state index in [9.17, 15) is 8.42 Å². The van der Waals surface area contributed by atoms with Crippen molar-refractivity contribution in [3.63, 3.8) is 0 Å². The van der Waals surface area contributed by atoms with Gasteiger partial charge < -0.3 is 4.18 Å². The van der Waals surface area contributed by atoms with Crippen molar-refractivity contribution in [2.75, 3.05) is 0 Å². The summed E-state index contributed by atoms with van der Waals surface area (Å²) in [6.45, 7) is 0. The monoisotopic (exact) mass is 378 g/mol. The van der Waals surface area contributed by atoms with Crippen molar-refractivity contribution in [1.82, 2.24) is 14.8 Å². The number of rotatable bonds is 6. The number of nitrogens with zero attached hydrogens (tertiary/aromatic N) is 3. The average Bonchev–Trinajstić information content (AvgIpc) is 3.08. The fourth-order valence-electron chi connectivity index (χ4n) is 2.47. The van der Waals surface area contributed by atoms with Crippen LogP contribution >= 0.6 is 11.6 Å². The van der Waals surface area contributed by atoms with E-state index in [1.165, 1.54) is 6.33 Å². The zero-order chi connectivity index (χ0) is 17.9. The van der Waals surface area contributed by atoms with Gasteiger partial charge in [0.2, 0.25) is 0 Å². The molecule has 0 aliphatic carbocycles. The Morgan fingerprint density at radius 1 is 1.12 bits per heavy atom. The lowest BCUT2D eigenvalue weighted by atomic mass is 9.99. The van der Waals surface area contributed by atoms with Crippen LogP contribution in [0.25, 0.3) is 0 Å². The molecule has 0 radical (unpaired) electrons. The molecule has 0 fully saturated rings. The number of hydrogen-bond acceptors (Lipinski definition) is 5. The first-order valence-corrected chi connectivity index (χ1v) is 9.16. The molecule has 25 heavy (non-hydrogen) atoms. The first kappa shape index (κ1) is 17.4. The van der Waals surface area contributed by atoms with Crippen molar-refractivity contribution in [3.8, 4) is 5.75 Å². The minimum absolute atomic E-state index is 0.0789. The molecule has 0 amide bonds. The molecule has 0 bridgehead atoms. The van der Waals surface area contributed by atoms with Crippen LogP contribution in [0, 0.1) is 0 Å². The third kappa shape index (κ3) is 4.79. The minimum Gasteiger partial charge on any atom is -0.371 e. The maximum Gasteiger partial charge on any atom is 0.380 e. The fraction of sp³-hybridized carbons (Fsp3) is 0.125. The molecule has 0 spiro atoms. The number of halogens is 1. The van der Waals surface area contributed by atoms with E-state index >= 15 is 0 Å². The fourth-order valence-corrected chi connectivity index (χ4v) is 2.97. The summed E-state index contributed by atoms with van der Waals surface area (Å²) in [6.07, 6.45) is 3.75. The molecular weight excluding hydrogens is 364 g/mol. The third-order valence-corrected chi connectivity index (χ3v) is 4.25. The van der Waals surface area contributed by atoms with E-state index in [4.69, 9.17) is 16.7 Å². The van der Waals surface area contributed by atoms with Crippen molar-refractivity contribution in [2.24, 2.45) is 5.14 Å². The van der Waals surface area contributed by atoms with Crippen molar-refractivity contribution >= 4 is 21.9 Å². The Labute approximate surface area is 150 Å². The molecule has 1 heterocycles. The smallest absolute Gasteiger partial charge is 0.371 e. The highest BCUT2D eigenvalue weighted by Gasteiger charge is 2.16. The number of hydrogen-bond donors (Lipinski definition) is 1. The zero-order valence-electron chi connectivity index (χ0n) is 13.0. The molecule has 7 nitrogen and oxygen atoms in total. The molecule has 1 atom stereocenters. The van der Waals surface area contributed by atoms with E-state index in [-0.39, 0.29) is 11.8 Å². The van der Waals surface area contributed by atoms with E-state index in [1.807, 2.05) is 24.3 Å². The van der Waals surface area contributed by atoms with Crippen LogP contribution in [0.4, 0.5) is 0 Å². The summed E-state index contributed by atoms with van der Waals surface area (Å²) in [7, 11) is -4.03. The van der Waals surface area contributed by atoms with Crippen LogP contribution in [0.5, 0.6) is 5.75 Å². The van der Waals surface area contributed by atoms with Gasteiger partial charge in [0.1, 0.15) is 18.4 Å². The van der Waals surface area contributed by atoms with Gasteiger partial charge in [-0.3, -0.25) is 0 Å². The molecule has 3 rings (SSSR count). The van der Waals surface area contributed by atoms with Gasteiger partial charge in [0.25, 0.3) is 0 Å². The van der Waals surface area contributed by atoms with Crippen molar-refractivity contribution in [3.05, 3.63) is 77.3 Å². The molecular formula is C16H15ClN4O3S. The van der Waals surface area contributed by atoms with E-state index in [0.717, 1.165) is 11.1 Å². The summed E-state index contributed by atoms with van der Waals surface area (Å²) in [6, 6.07) is 14.1. The van der Waals surface area contributed by atoms with E-state index < -0.39 is 10.3 Å². The van der Waals surface area contributed by atoms with Crippen LogP contribution in [-0.4, -0.2) is 23.2 Å². The summed E-state index contributed by atoms with van der Waals surface area (Å²) in [5.74, 6) is 0.162. The predicted octanol–water partition coefficient (Wildman–Crippen LogP) is 2.35. The standard InChI is InChI=1S/C16H15ClN4O3S/c17-14-5-3-13(4-6-14)16(21-11-19-10-20-21)9-12-1-7-15(8-2-12)24-25(18,22)23/h1-8,10-11,16H,9H2,(H2,18,22,23). The largest absolute Gasteiger partial charge is 0.380 e. The van der Waals surface area contributed by atoms with Gasteiger partial charge in [0.05, 0.1) is 6.04 Å². The van der Waals surface area contributed by atoms with Crippen LogP contribution in [0.3, 0.4) is 0 Å². The maximum atomic E-state index is 11.0. The van der Waals surface area contributed by atoms with Crippen LogP contribution in [-0.2, 0) is 16.7 Å². The van der Waals surface area contributed by atoms with Crippen LogP contribution < -0.4 is 9.32 Å². The molecule has 0 saturated carbocycles. The lowest BCUT2D eigenvalue weighted by molar-refractivity contribution is 0.487. The third-order valence-electron chi connectivity index (χ3n) is 3.58. The molecule has 0 aliphatic heterocycles. The number of benzene rings is 2. The van der Waals surface area contributed by atoms with E-state index in [1.54, 1.807) is 35.3 Å². The molecule has 1 aromatic heterocycles. The first-order valence-electron chi connectivity index (χ1n) is 7.31. The van der Waals surface area contributed by atoms with Crippen LogP contribution in [0.2, 0.25) is 5.02 Å². The first-order chi connectivity index (χ1) is 11.9. The minimum atomic E-state index is -4.03. The highest BCUT2D eigenvalue weighted by Crippen LogP contribution is 2.25. The van der Waals surface area contributed by atoms with Crippen LogP contribution in [0.15, 0.2) is 61.2 Å². The molecule has 9 heteroatoms. The van der Waals surface area contributed by atoms with Gasteiger partial charge in [0.15, 0.2) is 0 Å². The lowest BCUT2D eigenvalue weighted by Gasteiger charge is -2.18. The average molecular weight is 379 g/mol. The van der Waals surface area contributed by atoms with Gasteiger partial charge >= 0.3 is 10.3 Å². The second-order valence-corrected chi connectivity index (χ2v) is 6.96. The second-order valence-electron chi connectivity index (χ2n) is 5.37. The Balaban J connectivity index is 1.84. The number of aromatic nitrogens is 3. The van der Waals surface area contributed by atoms with Gasteiger partial charge in [-0.05, 0) is 41.8 Å². The SMILES string of the molecule is NS(=O)(=O)Oc1ccc(CC(c2ccc(Cl)cc2)n2cncn2)cc1. The van der Waals surface area contributed by atoms with Gasteiger partial charge in [-0.15, -0.1) is 0 Å². The molecule has 1 unspecified atom stereocenters. The predicted molar refractivity (Wildman–Crippen MR) is 93.5 cm³/mol. The van der Waals surface area contributed by atoms with Crippen LogP contribution in [0.1, 0.15) is 17.2 Å². The highest BCUT2D eigenvalue weighted by atomic mass is 35.5. The second kappa shape index (κ2) is 7.22. The van der Waals surface area contributed by atoms with Gasteiger partial charge in [-0.2, -0.15) is 18.7 Å². The molecule has 0 aliphatic rings. The normalized spacial score (nSPS) is 12.7. The Kier molecular flexibility index (Phi) is 5.03. The Hall–Kier alpha value is -2.42. The summed E-state index contributed by atoms with van der Waals surface area (Å²) < 4.78 is 28.3. The summed E-state index contributed by atoms with van der Waals surface area (Å²) in [5.41, 5.74) is 2.00. The Morgan fingerprint density at radius 3 is 2.36 bits per heavy atom. The molecule has 0 saturated heterocycles. The topological polar surface area (TPSA) is 100 Å². The molecule has 3 aromatic rings.